The van der Waals surface area contributed by atoms with Crippen LogP contribution in [0, 0.1) is 0 Å². The third-order valence-corrected chi connectivity index (χ3v) is 5.71. The molecule has 0 spiro atoms. The smallest absolute Gasteiger partial charge is 0.248 e. The summed E-state index contributed by atoms with van der Waals surface area (Å²) in [4.78, 5) is 17.0. The van der Waals surface area contributed by atoms with Crippen molar-refractivity contribution < 1.29 is 4.79 Å². The largest absolute Gasteiger partial charge is 0.368 e. The summed E-state index contributed by atoms with van der Waals surface area (Å²) in [7, 11) is 0. The van der Waals surface area contributed by atoms with Crippen LogP contribution in [-0.2, 0) is 4.79 Å². The molecular weight excluding hydrogens is 382 g/mol. The minimum Gasteiger partial charge on any atom is -0.368 e. The molecule has 1 saturated heterocycles. The van der Waals surface area contributed by atoms with Gasteiger partial charge < -0.3 is 15.1 Å². The molecule has 1 N–H and O–H groups in total. The van der Waals surface area contributed by atoms with Crippen LogP contribution >= 0.6 is 11.6 Å². The Morgan fingerprint density at radius 3 is 2.38 bits per heavy atom. The van der Waals surface area contributed by atoms with Crippen LogP contribution in [-0.4, -0.2) is 43.5 Å². The Hall–Kier alpha value is -2.30. The van der Waals surface area contributed by atoms with Crippen LogP contribution in [0.3, 0.4) is 0 Å². The lowest BCUT2D eigenvalue weighted by Crippen LogP contribution is -2.46. The lowest BCUT2D eigenvalue weighted by Gasteiger charge is -2.36. The molecule has 154 valence electrons. The number of hydrogen-bond acceptors (Lipinski definition) is 3. The number of benzene rings is 2. The number of anilines is 2. The molecule has 1 fully saturated rings. The Bertz CT molecular complexity index is 853. The average Bonchev–Trinajstić information content (AvgIpc) is 2.73. The zero-order valence-electron chi connectivity index (χ0n) is 17.5. The molecule has 1 heterocycles. The molecule has 0 atom stereocenters. The first kappa shape index (κ1) is 21.4. The van der Waals surface area contributed by atoms with Gasteiger partial charge in [-0.25, -0.2) is 0 Å². The van der Waals surface area contributed by atoms with Gasteiger partial charge in [-0.1, -0.05) is 56.6 Å². The molecule has 5 heteroatoms. The molecule has 0 saturated carbocycles. The van der Waals surface area contributed by atoms with Crippen LogP contribution < -0.4 is 10.2 Å². The highest BCUT2D eigenvalue weighted by atomic mass is 35.5. The summed E-state index contributed by atoms with van der Waals surface area (Å²) >= 11 is 6.51. The lowest BCUT2D eigenvalue weighted by atomic mass is 10.0. The van der Waals surface area contributed by atoms with Crippen LogP contribution in [0.1, 0.15) is 37.8 Å². The molecular formula is C24H30ClN3O. The minimum absolute atomic E-state index is 0.168. The first-order valence-electron chi connectivity index (χ1n) is 10.3. The third-order valence-electron chi connectivity index (χ3n) is 5.41. The Kier molecular flexibility index (Phi) is 7.34. The number of nitrogens with zero attached hydrogens (tertiary/aromatic N) is 2. The van der Waals surface area contributed by atoms with Crippen molar-refractivity contribution in [3.8, 4) is 0 Å². The molecule has 0 radical (unpaired) electrons. The summed E-state index contributed by atoms with van der Waals surface area (Å²) in [5.74, 6) is 0.331. The van der Waals surface area contributed by atoms with Gasteiger partial charge in [0.05, 0.1) is 10.7 Å². The predicted octanol–water partition coefficient (Wildman–Crippen LogP) is 5.26. The number of carbonyl (C=O) groups is 1. The van der Waals surface area contributed by atoms with Gasteiger partial charge in [0.15, 0.2) is 0 Å². The number of amides is 1. The highest BCUT2D eigenvalue weighted by molar-refractivity contribution is 6.33. The molecule has 1 aliphatic heterocycles. The highest BCUT2D eigenvalue weighted by Crippen LogP contribution is 2.29. The van der Waals surface area contributed by atoms with E-state index in [1.54, 1.807) is 6.08 Å². The van der Waals surface area contributed by atoms with Gasteiger partial charge in [0.2, 0.25) is 5.91 Å². The van der Waals surface area contributed by atoms with E-state index in [-0.39, 0.29) is 5.91 Å². The van der Waals surface area contributed by atoms with E-state index in [2.05, 4.69) is 48.0 Å². The maximum Gasteiger partial charge on any atom is 0.248 e. The number of halogens is 1. The van der Waals surface area contributed by atoms with Crippen molar-refractivity contribution in [2.45, 2.75) is 26.7 Å². The second-order valence-electron chi connectivity index (χ2n) is 7.73. The van der Waals surface area contributed by atoms with Crippen molar-refractivity contribution >= 4 is 35.0 Å². The summed E-state index contributed by atoms with van der Waals surface area (Å²) in [6.45, 7) is 11.6. The van der Waals surface area contributed by atoms with Crippen molar-refractivity contribution in [2.24, 2.45) is 0 Å². The van der Waals surface area contributed by atoms with E-state index >= 15 is 0 Å². The Morgan fingerprint density at radius 1 is 1.10 bits per heavy atom. The van der Waals surface area contributed by atoms with Crippen molar-refractivity contribution in [3.63, 3.8) is 0 Å². The monoisotopic (exact) mass is 411 g/mol. The number of nitrogens with one attached hydrogen (secondary N) is 1. The van der Waals surface area contributed by atoms with Gasteiger partial charge in [0, 0.05) is 37.9 Å². The summed E-state index contributed by atoms with van der Waals surface area (Å²) in [6.07, 6.45) is 3.37. The molecule has 0 aliphatic carbocycles. The zero-order valence-corrected chi connectivity index (χ0v) is 18.2. The quantitative estimate of drug-likeness (QED) is 0.659. The highest BCUT2D eigenvalue weighted by Gasteiger charge is 2.18. The van der Waals surface area contributed by atoms with Crippen molar-refractivity contribution in [1.82, 2.24) is 4.90 Å². The lowest BCUT2D eigenvalue weighted by molar-refractivity contribution is -0.111. The maximum absolute atomic E-state index is 12.3. The Labute approximate surface area is 179 Å². The van der Waals surface area contributed by atoms with Gasteiger partial charge in [-0.2, -0.15) is 0 Å². The molecule has 2 aromatic carbocycles. The number of rotatable bonds is 6. The molecule has 0 bridgehead atoms. The summed E-state index contributed by atoms with van der Waals surface area (Å²) in [6, 6.07) is 14.0. The van der Waals surface area contributed by atoms with E-state index < -0.39 is 0 Å². The summed E-state index contributed by atoms with van der Waals surface area (Å²) < 4.78 is 0. The molecule has 3 rings (SSSR count). The fraction of sp³-hybridized carbons (Fsp3) is 0.375. The van der Waals surface area contributed by atoms with Crippen LogP contribution in [0.2, 0.25) is 5.02 Å². The van der Waals surface area contributed by atoms with Crippen LogP contribution in [0.25, 0.3) is 6.08 Å². The van der Waals surface area contributed by atoms with Gasteiger partial charge in [0.25, 0.3) is 0 Å². The van der Waals surface area contributed by atoms with Crippen LogP contribution in [0.4, 0.5) is 11.4 Å². The van der Waals surface area contributed by atoms with E-state index in [0.29, 0.717) is 16.6 Å². The second-order valence-corrected chi connectivity index (χ2v) is 8.14. The third kappa shape index (κ3) is 5.84. The fourth-order valence-corrected chi connectivity index (χ4v) is 3.79. The first-order valence-corrected chi connectivity index (χ1v) is 10.7. The number of piperazine rings is 1. The normalized spacial score (nSPS) is 15.3. The first-order chi connectivity index (χ1) is 14.0. The Balaban J connectivity index is 1.58. The topological polar surface area (TPSA) is 35.6 Å². The van der Waals surface area contributed by atoms with E-state index in [0.717, 1.165) is 44.0 Å². The maximum atomic E-state index is 12.3. The fourth-order valence-electron chi connectivity index (χ4n) is 3.49. The molecule has 0 aromatic heterocycles. The molecule has 1 aliphatic rings. The SMILES string of the molecule is CCN1CCN(c2ccc(NC(=O)C=Cc3ccc(C(C)C)cc3)cc2Cl)CC1. The zero-order chi connectivity index (χ0) is 20.8. The second kappa shape index (κ2) is 9.95. The van der Waals surface area contributed by atoms with Gasteiger partial charge in [-0.15, -0.1) is 0 Å². The minimum atomic E-state index is -0.168. The summed E-state index contributed by atoms with van der Waals surface area (Å²) in [5.41, 5.74) is 4.03. The molecule has 2 aromatic rings. The van der Waals surface area contributed by atoms with Crippen molar-refractivity contribution in [2.75, 3.05) is 42.9 Å². The number of carbonyl (C=O) groups excluding carboxylic acids is 1. The Morgan fingerprint density at radius 2 is 1.79 bits per heavy atom. The molecule has 4 nitrogen and oxygen atoms in total. The van der Waals surface area contributed by atoms with Crippen molar-refractivity contribution in [3.05, 3.63) is 64.7 Å². The number of hydrogen-bond donors (Lipinski definition) is 1. The molecule has 1 amide bonds. The van der Waals surface area contributed by atoms with Gasteiger partial charge in [-0.05, 0) is 47.9 Å². The van der Waals surface area contributed by atoms with E-state index in [1.165, 1.54) is 5.56 Å². The standard InChI is InChI=1S/C24H30ClN3O/c1-4-27-13-15-28(16-14-27)23-11-10-21(17-22(23)25)26-24(29)12-7-19-5-8-20(9-6-19)18(2)3/h5-12,17-18H,4,13-16H2,1-3H3,(H,26,29). The average molecular weight is 412 g/mol. The predicted molar refractivity (Wildman–Crippen MR) is 124 cm³/mol. The van der Waals surface area contributed by atoms with Crippen LogP contribution in [0.5, 0.6) is 0 Å². The van der Waals surface area contributed by atoms with E-state index in [1.807, 2.05) is 36.4 Å². The van der Waals surface area contributed by atoms with E-state index in [4.69, 9.17) is 11.6 Å². The summed E-state index contributed by atoms with van der Waals surface area (Å²) in [5, 5.41) is 3.56. The van der Waals surface area contributed by atoms with Crippen LogP contribution in [0.15, 0.2) is 48.5 Å². The molecule has 29 heavy (non-hydrogen) atoms. The number of likely N-dealkylation sites (N-methyl/N-ethyl adjacent to an activating group) is 1. The molecule has 0 unspecified atom stereocenters. The van der Waals surface area contributed by atoms with Crippen molar-refractivity contribution in [1.29, 1.82) is 0 Å². The van der Waals surface area contributed by atoms with Gasteiger partial charge in [-0.3, -0.25) is 4.79 Å². The van der Waals surface area contributed by atoms with Gasteiger partial charge >= 0.3 is 0 Å². The van der Waals surface area contributed by atoms with Gasteiger partial charge in [0.1, 0.15) is 0 Å². The van der Waals surface area contributed by atoms with E-state index in [9.17, 15) is 4.79 Å².